The standard InChI is InChI=1S/C44H64IN6O10S/c1-5-7-13-27-62(57,58)49-42(55)44(36(6-2)45-44)48-40(53)34-19-14-20-51(34)41(54)37(29(3)4)47-43(56)61-35-28-30(35)15-9-8-10-17-32-38(60-26-23-50-21-24-59-25-22-50)31-16-11-12-18-33(31)46-39(32)52/h6,11-12,16,18,29-30,34-37H,2,5,7-10,13-15,17,19-28H2,1,3-4H3,(H,46,52)(H,47,56)(H,48,53)(H,49,55)/q-1/t30-,34+,35?,36+,37+,44-/m1/s1. The van der Waals surface area contributed by atoms with Gasteiger partial charge in [-0.25, -0.2) is 0 Å². The zero-order valence-electron chi connectivity index (χ0n) is 36.3. The van der Waals surface area contributed by atoms with E-state index in [9.17, 15) is 32.4 Å². The zero-order chi connectivity index (χ0) is 44.4. The SMILES string of the molecule is C=C[C@@H]1[I-][C@]1(NC(=O)[C@@H]1CCCN1C(=O)[C@@H](NC(=O)OC1C[C@H]1CCCCCc1c(OCCN2CCOCC2)c2ccccc2[nH]c1=O)C(C)C)C(=O)NS(=O)(=O)CCCCC. The summed E-state index contributed by atoms with van der Waals surface area (Å²) in [5.41, 5.74) is 1.28. The van der Waals surface area contributed by atoms with E-state index in [-0.39, 0.29) is 33.2 Å². The van der Waals surface area contributed by atoms with Gasteiger partial charge in [0.1, 0.15) is 12.4 Å². The number of pyridine rings is 1. The van der Waals surface area contributed by atoms with Crippen molar-refractivity contribution < 1.29 is 63.0 Å². The Balaban J connectivity index is 0.951. The molecule has 18 heteroatoms. The number of para-hydroxylation sites is 1. The number of H-pyrrole nitrogens is 1. The van der Waals surface area contributed by atoms with Gasteiger partial charge in [-0.1, -0.05) is 25.0 Å². The topological polar surface area (TPSA) is 206 Å². The number of aromatic amines is 1. The van der Waals surface area contributed by atoms with Gasteiger partial charge in [0.25, 0.3) is 5.56 Å². The molecule has 0 radical (unpaired) electrons. The van der Waals surface area contributed by atoms with E-state index in [0.29, 0.717) is 69.8 Å². The molecular weight excluding hydrogens is 931 g/mol. The van der Waals surface area contributed by atoms with Crippen molar-refractivity contribution in [1.29, 1.82) is 0 Å². The van der Waals surface area contributed by atoms with E-state index in [1.165, 1.54) is 4.90 Å². The molecule has 3 saturated heterocycles. The Kier molecular flexibility index (Phi) is 16.7. The second-order valence-electron chi connectivity index (χ2n) is 17.1. The normalized spacial score (nSPS) is 24.2. The van der Waals surface area contributed by atoms with E-state index < -0.39 is 70.7 Å². The summed E-state index contributed by atoms with van der Waals surface area (Å²) in [4.78, 5) is 74.1. The number of nitrogens with one attached hydrogen (secondary N) is 4. The van der Waals surface area contributed by atoms with Crippen molar-refractivity contribution in [2.45, 2.75) is 117 Å². The fraction of sp³-hybridized carbons (Fsp3) is 0.659. The molecule has 0 spiro atoms. The number of aromatic nitrogens is 1. The number of sulfonamides is 1. The predicted molar refractivity (Wildman–Crippen MR) is 231 cm³/mol. The number of halogens is 1. The number of hydrogen-bond acceptors (Lipinski definition) is 11. The number of fused-ring (bicyclic) bond motifs is 1. The fourth-order valence-electron chi connectivity index (χ4n) is 8.35. The molecule has 1 aromatic carbocycles. The molecule has 1 aromatic heterocycles. The molecule has 16 nitrogen and oxygen atoms in total. The zero-order valence-corrected chi connectivity index (χ0v) is 39.2. The van der Waals surface area contributed by atoms with Gasteiger partial charge < -0.3 is 14.5 Å². The number of hydrogen-bond donors (Lipinski definition) is 4. The number of alkyl carbamates (subject to hydrolysis) is 1. The van der Waals surface area contributed by atoms with Crippen molar-refractivity contribution in [3.8, 4) is 5.75 Å². The van der Waals surface area contributed by atoms with Crippen molar-refractivity contribution in [1.82, 2.24) is 30.1 Å². The number of rotatable bonds is 23. The van der Waals surface area contributed by atoms with Gasteiger partial charge in [0.2, 0.25) is 0 Å². The molecule has 1 aliphatic carbocycles. The maximum absolute atomic E-state index is 14.0. The number of nitrogens with zero attached hydrogens (tertiary/aromatic N) is 2. The van der Waals surface area contributed by atoms with E-state index in [2.05, 4.69) is 31.8 Å². The van der Waals surface area contributed by atoms with Crippen molar-refractivity contribution >= 4 is 44.7 Å². The first-order chi connectivity index (χ1) is 29.8. The van der Waals surface area contributed by atoms with Crippen molar-refractivity contribution in [3.63, 3.8) is 0 Å². The molecule has 1 saturated carbocycles. The van der Waals surface area contributed by atoms with Crippen LogP contribution in [0.15, 0.2) is 41.7 Å². The summed E-state index contributed by atoms with van der Waals surface area (Å²) >= 11 is -0.966. The molecule has 344 valence electrons. The first-order valence-electron chi connectivity index (χ1n) is 22.2. The van der Waals surface area contributed by atoms with Crippen LogP contribution in [0, 0.1) is 11.8 Å². The Morgan fingerprint density at radius 2 is 1.85 bits per heavy atom. The number of carbonyl (C=O) groups excluding carboxylic acids is 4. The molecule has 4 aliphatic rings. The van der Waals surface area contributed by atoms with Crippen LogP contribution in [-0.4, -0.2) is 124 Å². The fourth-order valence-corrected chi connectivity index (χ4v) is 12.3. The summed E-state index contributed by atoms with van der Waals surface area (Å²) in [7, 11) is -3.88. The van der Waals surface area contributed by atoms with E-state index in [4.69, 9.17) is 14.2 Å². The van der Waals surface area contributed by atoms with Crippen LogP contribution in [0.25, 0.3) is 10.9 Å². The molecule has 1 unspecified atom stereocenters. The summed E-state index contributed by atoms with van der Waals surface area (Å²) < 4.78 is 43.3. The third-order valence-electron chi connectivity index (χ3n) is 12.1. The molecule has 4 amide bonds. The molecule has 6 rings (SSSR count). The second-order valence-corrected chi connectivity index (χ2v) is 22.6. The average Bonchev–Trinajstić information content (AvgIpc) is 4.10. The number of amides is 4. The quantitative estimate of drug-likeness (QED) is 0.0399. The Morgan fingerprint density at radius 3 is 2.58 bits per heavy atom. The van der Waals surface area contributed by atoms with E-state index >= 15 is 0 Å². The molecule has 4 N–H and O–H groups in total. The van der Waals surface area contributed by atoms with Gasteiger partial charge in [0.05, 0.1) is 24.3 Å². The molecule has 3 aliphatic heterocycles. The number of unbranched alkanes of at least 4 members (excludes halogenated alkanes) is 4. The minimum atomic E-state index is -3.88. The predicted octanol–water partition coefficient (Wildman–Crippen LogP) is 0.578. The molecule has 0 bridgehead atoms. The van der Waals surface area contributed by atoms with Gasteiger partial charge in [-0.05, 0) is 31.4 Å². The third kappa shape index (κ3) is 12.3. The summed E-state index contributed by atoms with van der Waals surface area (Å²) in [6.45, 7) is 14.1. The summed E-state index contributed by atoms with van der Waals surface area (Å²) in [5, 5.41) is 6.48. The maximum atomic E-state index is 14.0. The van der Waals surface area contributed by atoms with Gasteiger partial charge in [0, 0.05) is 25.0 Å². The number of morpholine rings is 1. The Morgan fingerprint density at radius 1 is 1.08 bits per heavy atom. The molecule has 6 atom stereocenters. The first kappa shape index (κ1) is 47.7. The van der Waals surface area contributed by atoms with Crippen LogP contribution in [0.2, 0.25) is 0 Å². The van der Waals surface area contributed by atoms with Gasteiger partial charge in [0.15, 0.2) is 0 Å². The van der Waals surface area contributed by atoms with E-state index in [1.54, 1.807) is 6.08 Å². The van der Waals surface area contributed by atoms with Gasteiger partial charge in [-0.2, -0.15) is 0 Å². The van der Waals surface area contributed by atoms with Crippen LogP contribution in [0.1, 0.15) is 90.5 Å². The Bertz CT molecular complexity index is 2090. The molecule has 62 heavy (non-hydrogen) atoms. The molecule has 2 aromatic rings. The Labute approximate surface area is 375 Å². The van der Waals surface area contributed by atoms with Crippen LogP contribution < -0.4 is 46.9 Å². The van der Waals surface area contributed by atoms with Crippen molar-refractivity contribution in [2.75, 3.05) is 51.8 Å². The van der Waals surface area contributed by atoms with Crippen molar-refractivity contribution in [3.05, 3.63) is 52.8 Å². The number of likely N-dealkylation sites (tertiary alicyclic amines) is 1. The number of ether oxygens (including phenoxy) is 3. The average molecular weight is 996 g/mol. The van der Waals surface area contributed by atoms with Crippen LogP contribution >= 0.6 is 0 Å². The van der Waals surface area contributed by atoms with Crippen LogP contribution in [0.3, 0.4) is 0 Å². The van der Waals surface area contributed by atoms with Crippen LogP contribution in [0.5, 0.6) is 5.75 Å². The molecule has 4 heterocycles. The number of carbonyl (C=O) groups is 4. The second kappa shape index (κ2) is 21.8. The summed E-state index contributed by atoms with van der Waals surface area (Å²) in [6.07, 6.45) is 8.30. The van der Waals surface area contributed by atoms with Crippen molar-refractivity contribution in [2.24, 2.45) is 11.8 Å². The van der Waals surface area contributed by atoms with E-state index in [0.717, 1.165) is 69.1 Å². The van der Waals surface area contributed by atoms with Gasteiger partial charge in [-0.15, -0.1) is 0 Å². The third-order valence-corrected chi connectivity index (χ3v) is 17.3. The Hall–Kier alpha value is -3.75. The summed E-state index contributed by atoms with van der Waals surface area (Å²) in [6, 6.07) is 5.88. The molecular formula is C44H64IN6O10S-. The summed E-state index contributed by atoms with van der Waals surface area (Å²) in [5.74, 6) is -1.33. The van der Waals surface area contributed by atoms with Crippen LogP contribution in [-0.2, 0) is 40.3 Å². The van der Waals surface area contributed by atoms with E-state index in [1.807, 2.05) is 45.0 Å². The van der Waals surface area contributed by atoms with Gasteiger partial charge in [-0.3, -0.25) is 9.69 Å². The minimum absolute atomic E-state index is 0.129. The van der Waals surface area contributed by atoms with Gasteiger partial charge >= 0.3 is 229 Å². The number of alkyl halides is 2. The number of benzene rings is 1. The monoisotopic (exact) mass is 995 g/mol. The molecule has 4 fully saturated rings. The first-order valence-corrected chi connectivity index (χ1v) is 26.2. The van der Waals surface area contributed by atoms with Crippen LogP contribution in [0.4, 0.5) is 4.79 Å².